The summed E-state index contributed by atoms with van der Waals surface area (Å²) >= 11 is 1.14. The van der Waals surface area contributed by atoms with Gasteiger partial charge < -0.3 is 15.5 Å². The molecule has 0 radical (unpaired) electrons. The molecule has 6 heteroatoms. The number of carboxylic acid groups (broad SMARTS) is 1. The van der Waals surface area contributed by atoms with Gasteiger partial charge in [-0.15, -0.1) is 0 Å². The van der Waals surface area contributed by atoms with E-state index in [4.69, 9.17) is 10.2 Å². The minimum Gasteiger partial charge on any atom is -0.508 e. The lowest BCUT2D eigenvalue weighted by molar-refractivity contribution is 0.0701. The maximum absolute atomic E-state index is 10.9. The molecule has 1 aromatic heterocycles. The van der Waals surface area contributed by atoms with Gasteiger partial charge in [-0.05, 0) is 31.0 Å². The lowest BCUT2D eigenvalue weighted by Crippen LogP contribution is -2.04. The zero-order valence-electron chi connectivity index (χ0n) is 10.4. The van der Waals surface area contributed by atoms with Crippen LogP contribution in [0.3, 0.4) is 0 Å². The second-order valence-electron chi connectivity index (χ2n) is 4.08. The fourth-order valence-corrected chi connectivity index (χ4v) is 2.48. The maximum atomic E-state index is 10.9. The topological polar surface area (TPSA) is 82.5 Å². The Kier molecular flexibility index (Phi) is 4.01. The molecule has 0 saturated heterocycles. The first kappa shape index (κ1) is 13.4. The van der Waals surface area contributed by atoms with Crippen molar-refractivity contribution < 1.29 is 15.0 Å². The molecule has 0 fully saturated rings. The van der Waals surface area contributed by atoms with Gasteiger partial charge in [0.15, 0.2) is 5.13 Å². The molecule has 0 aliphatic carbocycles. The van der Waals surface area contributed by atoms with E-state index in [2.05, 4.69) is 10.3 Å². The Morgan fingerprint density at radius 1 is 1.37 bits per heavy atom. The molecule has 0 saturated carbocycles. The summed E-state index contributed by atoms with van der Waals surface area (Å²) in [5.74, 6) is -0.694. The molecule has 1 aromatic carbocycles. The Labute approximate surface area is 114 Å². The number of aromatic hydroxyl groups is 1. The number of thiazole rings is 1. The van der Waals surface area contributed by atoms with Crippen molar-refractivity contribution in [2.45, 2.75) is 13.3 Å². The average Bonchev–Trinajstić information content (AvgIpc) is 2.73. The van der Waals surface area contributed by atoms with Crippen molar-refractivity contribution in [2.75, 3.05) is 11.9 Å². The number of aryl methyl sites for hydroxylation is 1. The quantitative estimate of drug-likeness (QED) is 0.782. The normalized spacial score (nSPS) is 10.4. The third-order valence-electron chi connectivity index (χ3n) is 2.62. The van der Waals surface area contributed by atoms with Crippen LogP contribution in [0.2, 0.25) is 0 Å². The number of phenols is 1. The number of aromatic nitrogens is 1. The Hall–Kier alpha value is -2.08. The van der Waals surface area contributed by atoms with Crippen LogP contribution in [-0.2, 0) is 6.42 Å². The van der Waals surface area contributed by atoms with Crippen LogP contribution in [0.5, 0.6) is 5.75 Å². The Morgan fingerprint density at radius 2 is 2.05 bits per heavy atom. The molecule has 1 heterocycles. The summed E-state index contributed by atoms with van der Waals surface area (Å²) in [7, 11) is 0. The van der Waals surface area contributed by atoms with Gasteiger partial charge in [0.2, 0.25) is 0 Å². The number of phenolic OH excluding ortho intramolecular Hbond substituents is 1. The van der Waals surface area contributed by atoms with Crippen molar-refractivity contribution in [3.05, 3.63) is 40.4 Å². The van der Waals surface area contributed by atoms with Crippen molar-refractivity contribution in [2.24, 2.45) is 0 Å². The standard InChI is InChI=1S/C13H14N2O3S/c1-8-11(12(17)18)19-13(15-8)14-7-6-9-2-4-10(16)5-3-9/h2-5,16H,6-7H2,1H3,(H,14,15)(H,17,18). The fraction of sp³-hybridized carbons (Fsp3) is 0.231. The van der Waals surface area contributed by atoms with Crippen molar-refractivity contribution in [3.63, 3.8) is 0 Å². The van der Waals surface area contributed by atoms with Gasteiger partial charge in [0.05, 0.1) is 5.69 Å². The summed E-state index contributed by atoms with van der Waals surface area (Å²) in [5.41, 5.74) is 1.63. The third-order valence-corrected chi connectivity index (χ3v) is 3.72. The van der Waals surface area contributed by atoms with Gasteiger partial charge in [-0.1, -0.05) is 23.5 Å². The molecule has 3 N–H and O–H groups in total. The van der Waals surface area contributed by atoms with E-state index in [-0.39, 0.29) is 10.6 Å². The number of hydrogen-bond donors (Lipinski definition) is 3. The van der Waals surface area contributed by atoms with Gasteiger partial charge in [-0.2, -0.15) is 0 Å². The predicted molar refractivity (Wildman–Crippen MR) is 74.1 cm³/mol. The lowest BCUT2D eigenvalue weighted by atomic mass is 10.1. The van der Waals surface area contributed by atoms with Crippen LogP contribution < -0.4 is 5.32 Å². The first-order valence-electron chi connectivity index (χ1n) is 5.79. The average molecular weight is 278 g/mol. The number of nitrogens with zero attached hydrogens (tertiary/aromatic N) is 1. The van der Waals surface area contributed by atoms with Gasteiger partial charge in [-0.25, -0.2) is 9.78 Å². The molecule has 0 amide bonds. The molecule has 2 rings (SSSR count). The number of hydrogen-bond acceptors (Lipinski definition) is 5. The molecule has 0 spiro atoms. The number of anilines is 1. The zero-order valence-corrected chi connectivity index (χ0v) is 11.2. The van der Waals surface area contributed by atoms with Gasteiger partial charge in [-0.3, -0.25) is 0 Å². The van der Waals surface area contributed by atoms with E-state index in [1.165, 1.54) is 0 Å². The Balaban J connectivity index is 1.90. The Morgan fingerprint density at radius 3 is 2.63 bits per heavy atom. The molecule has 0 bridgehead atoms. The minimum atomic E-state index is -0.943. The second kappa shape index (κ2) is 5.71. The first-order chi connectivity index (χ1) is 9.06. The van der Waals surface area contributed by atoms with Crippen LogP contribution in [0.4, 0.5) is 5.13 Å². The summed E-state index contributed by atoms with van der Waals surface area (Å²) in [6.45, 7) is 2.35. The third kappa shape index (κ3) is 3.45. The van der Waals surface area contributed by atoms with Crippen LogP contribution in [0.1, 0.15) is 20.9 Å². The van der Waals surface area contributed by atoms with Gasteiger partial charge in [0.1, 0.15) is 10.6 Å². The SMILES string of the molecule is Cc1nc(NCCc2ccc(O)cc2)sc1C(=O)O. The molecular weight excluding hydrogens is 264 g/mol. The van der Waals surface area contributed by atoms with Gasteiger partial charge in [0.25, 0.3) is 0 Å². The van der Waals surface area contributed by atoms with Crippen molar-refractivity contribution in [1.82, 2.24) is 4.98 Å². The molecule has 0 unspecified atom stereocenters. The van der Waals surface area contributed by atoms with E-state index >= 15 is 0 Å². The molecule has 0 atom stereocenters. The summed E-state index contributed by atoms with van der Waals surface area (Å²) in [4.78, 5) is 15.3. The molecule has 100 valence electrons. The van der Waals surface area contributed by atoms with Crippen LogP contribution in [0.25, 0.3) is 0 Å². The number of carbonyl (C=O) groups is 1. The number of carboxylic acids is 1. The predicted octanol–water partition coefficient (Wildman–Crippen LogP) is 2.51. The van der Waals surface area contributed by atoms with E-state index in [9.17, 15) is 4.79 Å². The van der Waals surface area contributed by atoms with Crippen LogP contribution in [0.15, 0.2) is 24.3 Å². The highest BCUT2D eigenvalue weighted by molar-refractivity contribution is 7.17. The molecule has 2 aromatic rings. The minimum absolute atomic E-state index is 0.248. The zero-order chi connectivity index (χ0) is 13.8. The molecule has 0 aliphatic heterocycles. The van der Waals surface area contributed by atoms with Crippen LogP contribution in [-0.4, -0.2) is 27.7 Å². The van der Waals surface area contributed by atoms with Gasteiger partial charge in [0, 0.05) is 6.54 Å². The smallest absolute Gasteiger partial charge is 0.347 e. The second-order valence-corrected chi connectivity index (χ2v) is 5.08. The summed E-state index contributed by atoms with van der Waals surface area (Å²) in [5, 5.41) is 21.8. The van der Waals surface area contributed by atoms with Crippen molar-refractivity contribution in [1.29, 1.82) is 0 Å². The summed E-state index contributed by atoms with van der Waals surface area (Å²) in [6.07, 6.45) is 0.779. The fourth-order valence-electron chi connectivity index (χ4n) is 1.65. The van der Waals surface area contributed by atoms with Crippen LogP contribution >= 0.6 is 11.3 Å². The molecule has 19 heavy (non-hydrogen) atoms. The maximum Gasteiger partial charge on any atom is 0.347 e. The number of benzene rings is 1. The number of nitrogens with one attached hydrogen (secondary N) is 1. The van der Waals surface area contributed by atoms with E-state index < -0.39 is 5.97 Å². The highest BCUT2D eigenvalue weighted by Crippen LogP contribution is 2.22. The van der Waals surface area contributed by atoms with E-state index in [0.717, 1.165) is 23.3 Å². The highest BCUT2D eigenvalue weighted by Gasteiger charge is 2.13. The number of aromatic carboxylic acids is 1. The van der Waals surface area contributed by atoms with E-state index in [1.54, 1.807) is 19.1 Å². The van der Waals surface area contributed by atoms with Gasteiger partial charge >= 0.3 is 5.97 Å². The molecule has 0 aliphatic rings. The van der Waals surface area contributed by atoms with Crippen molar-refractivity contribution in [3.8, 4) is 5.75 Å². The first-order valence-corrected chi connectivity index (χ1v) is 6.60. The van der Waals surface area contributed by atoms with E-state index in [0.29, 0.717) is 17.4 Å². The summed E-state index contributed by atoms with van der Waals surface area (Å²) in [6, 6.07) is 7.00. The molecule has 5 nitrogen and oxygen atoms in total. The van der Waals surface area contributed by atoms with Crippen molar-refractivity contribution >= 4 is 22.4 Å². The lowest BCUT2D eigenvalue weighted by Gasteiger charge is -2.03. The largest absolute Gasteiger partial charge is 0.508 e. The monoisotopic (exact) mass is 278 g/mol. The highest BCUT2D eigenvalue weighted by atomic mass is 32.1. The number of rotatable bonds is 5. The molecular formula is C13H14N2O3S. The summed E-state index contributed by atoms with van der Waals surface area (Å²) < 4.78 is 0. The van der Waals surface area contributed by atoms with Crippen LogP contribution in [0, 0.1) is 6.92 Å². The Bertz CT molecular complexity index is 578. The van der Waals surface area contributed by atoms with E-state index in [1.807, 2.05) is 12.1 Å².